The van der Waals surface area contributed by atoms with Gasteiger partial charge in [-0.25, -0.2) is 14.0 Å². The number of amides is 3. The van der Waals surface area contributed by atoms with Crippen molar-refractivity contribution < 1.29 is 23.5 Å². The minimum atomic E-state index is -0.624. The van der Waals surface area contributed by atoms with Crippen molar-refractivity contribution in [2.75, 3.05) is 43.4 Å². The highest BCUT2D eigenvalue weighted by atomic mass is 19.1. The summed E-state index contributed by atoms with van der Waals surface area (Å²) < 4.78 is 19.3. The number of nitrogens with zero attached hydrogens (tertiary/aromatic N) is 3. The van der Waals surface area contributed by atoms with Crippen LogP contribution in [0.3, 0.4) is 0 Å². The first-order chi connectivity index (χ1) is 15.4. The lowest BCUT2D eigenvalue weighted by Crippen LogP contribution is -2.48. The lowest BCUT2D eigenvalue weighted by Gasteiger charge is -2.34. The molecule has 0 spiro atoms. The van der Waals surface area contributed by atoms with Gasteiger partial charge in [0.2, 0.25) is 0 Å². The largest absolute Gasteiger partial charge is 0.450 e. The summed E-state index contributed by atoms with van der Waals surface area (Å²) in [7, 11) is 0. The lowest BCUT2D eigenvalue weighted by atomic mass is 10.1. The molecule has 3 amide bonds. The number of carbonyl (C=O) groups is 3. The van der Waals surface area contributed by atoms with Gasteiger partial charge in [0.1, 0.15) is 11.5 Å². The molecule has 9 nitrogen and oxygen atoms in total. The number of rotatable bonds is 6. The summed E-state index contributed by atoms with van der Waals surface area (Å²) in [4.78, 5) is 43.1. The Kier molecular flexibility index (Phi) is 7.72. The maximum absolute atomic E-state index is 14.2. The molecule has 2 N–H and O–H groups in total. The Balaban J connectivity index is 1.55. The molecule has 0 unspecified atom stereocenters. The molecule has 1 aromatic heterocycles. The summed E-state index contributed by atoms with van der Waals surface area (Å²) in [5.41, 5.74) is 1.55. The molecular formula is C22H26FN5O4. The van der Waals surface area contributed by atoms with Crippen LogP contribution in [0.4, 0.5) is 25.4 Å². The Labute approximate surface area is 185 Å². The minimum Gasteiger partial charge on any atom is -0.450 e. The van der Waals surface area contributed by atoms with E-state index in [1.165, 1.54) is 25.3 Å². The molecule has 0 radical (unpaired) electrons. The second-order valence-corrected chi connectivity index (χ2v) is 7.34. The monoisotopic (exact) mass is 443 g/mol. The van der Waals surface area contributed by atoms with Gasteiger partial charge in [-0.3, -0.25) is 14.7 Å². The van der Waals surface area contributed by atoms with Crippen molar-refractivity contribution in [3.63, 3.8) is 0 Å². The summed E-state index contributed by atoms with van der Waals surface area (Å²) in [6.45, 7) is 6.54. The summed E-state index contributed by atoms with van der Waals surface area (Å²) in [6.07, 6.45) is 1.05. The number of pyridine rings is 1. The van der Waals surface area contributed by atoms with Crippen LogP contribution in [0.15, 0.2) is 36.5 Å². The van der Waals surface area contributed by atoms with E-state index in [-0.39, 0.29) is 23.3 Å². The van der Waals surface area contributed by atoms with E-state index in [0.29, 0.717) is 45.0 Å². The summed E-state index contributed by atoms with van der Waals surface area (Å²) in [6, 6.07) is 6.99. The first-order valence-corrected chi connectivity index (χ1v) is 10.3. The van der Waals surface area contributed by atoms with Crippen LogP contribution in [0.2, 0.25) is 0 Å². The van der Waals surface area contributed by atoms with Gasteiger partial charge in [0.15, 0.2) is 5.78 Å². The fraction of sp³-hybridized carbons (Fsp3) is 0.364. The number of piperazine rings is 1. The molecule has 0 aliphatic carbocycles. The smallest absolute Gasteiger partial charge is 0.409 e. The third kappa shape index (κ3) is 6.24. The molecule has 0 atom stereocenters. The Morgan fingerprint density at radius 3 is 2.47 bits per heavy atom. The molecule has 32 heavy (non-hydrogen) atoms. The summed E-state index contributed by atoms with van der Waals surface area (Å²) in [5.74, 6) is -0.733. The van der Waals surface area contributed by atoms with Crippen LogP contribution in [0.5, 0.6) is 0 Å². The van der Waals surface area contributed by atoms with E-state index in [4.69, 9.17) is 4.74 Å². The third-order valence-electron chi connectivity index (χ3n) is 4.97. The van der Waals surface area contributed by atoms with Crippen molar-refractivity contribution in [1.82, 2.24) is 14.8 Å². The van der Waals surface area contributed by atoms with Crippen molar-refractivity contribution in [3.05, 3.63) is 53.6 Å². The molecule has 1 aliphatic heterocycles. The van der Waals surface area contributed by atoms with Crippen molar-refractivity contribution in [3.8, 4) is 0 Å². The van der Waals surface area contributed by atoms with E-state index in [0.717, 1.165) is 5.56 Å². The average molecular weight is 443 g/mol. The van der Waals surface area contributed by atoms with Crippen LogP contribution in [0.25, 0.3) is 0 Å². The highest BCUT2D eigenvalue weighted by Gasteiger charge is 2.22. The number of benzene rings is 1. The molecule has 170 valence electrons. The molecule has 1 fully saturated rings. The van der Waals surface area contributed by atoms with Crippen molar-refractivity contribution in [1.29, 1.82) is 0 Å². The maximum Gasteiger partial charge on any atom is 0.409 e. The Morgan fingerprint density at radius 2 is 1.84 bits per heavy atom. The fourth-order valence-corrected chi connectivity index (χ4v) is 3.29. The minimum absolute atomic E-state index is 0.0541. The number of anilines is 2. The number of urea groups is 1. The number of hydrogen-bond acceptors (Lipinski definition) is 6. The Bertz CT molecular complexity index is 975. The number of ether oxygens (including phenoxy) is 1. The predicted octanol–water partition coefficient (Wildman–Crippen LogP) is 3.34. The van der Waals surface area contributed by atoms with Gasteiger partial charge < -0.3 is 20.3 Å². The van der Waals surface area contributed by atoms with E-state index in [2.05, 4.69) is 20.5 Å². The van der Waals surface area contributed by atoms with Gasteiger partial charge in [0, 0.05) is 39.6 Å². The molecular weight excluding hydrogens is 417 g/mol. The molecule has 1 aromatic carbocycles. The average Bonchev–Trinajstić information content (AvgIpc) is 2.77. The number of halogens is 1. The van der Waals surface area contributed by atoms with Gasteiger partial charge in [-0.15, -0.1) is 0 Å². The van der Waals surface area contributed by atoms with Crippen molar-refractivity contribution in [2.45, 2.75) is 20.4 Å². The number of carbonyl (C=O) groups excluding carboxylic acids is 3. The first-order valence-electron chi connectivity index (χ1n) is 10.3. The summed E-state index contributed by atoms with van der Waals surface area (Å²) in [5, 5.41) is 5.06. The number of aromatic nitrogens is 1. The topological polar surface area (TPSA) is 104 Å². The number of Topliss-reactive ketones (excluding diaryl/α,β-unsaturated/α-hetero) is 1. The molecule has 10 heteroatoms. The Hall–Kier alpha value is -3.53. The second-order valence-electron chi connectivity index (χ2n) is 7.34. The highest BCUT2D eigenvalue weighted by Crippen LogP contribution is 2.19. The normalized spacial score (nSPS) is 14.0. The molecule has 1 aliphatic rings. The van der Waals surface area contributed by atoms with Crippen LogP contribution in [0.1, 0.15) is 29.9 Å². The van der Waals surface area contributed by atoms with Crippen LogP contribution >= 0.6 is 0 Å². The number of nitrogens with one attached hydrogen (secondary N) is 2. The molecule has 0 bridgehead atoms. The van der Waals surface area contributed by atoms with E-state index in [1.807, 2.05) is 0 Å². The zero-order chi connectivity index (χ0) is 23.1. The highest BCUT2D eigenvalue weighted by molar-refractivity contribution is 6.00. The Morgan fingerprint density at radius 1 is 1.09 bits per heavy atom. The quantitative estimate of drug-likeness (QED) is 0.664. The van der Waals surface area contributed by atoms with Gasteiger partial charge in [0.25, 0.3) is 0 Å². The molecule has 0 saturated carbocycles. The fourth-order valence-electron chi connectivity index (χ4n) is 3.29. The van der Waals surface area contributed by atoms with Crippen LogP contribution < -0.4 is 10.6 Å². The first kappa shape index (κ1) is 23.1. The molecule has 3 rings (SSSR count). The summed E-state index contributed by atoms with van der Waals surface area (Å²) >= 11 is 0. The SMILES string of the molecule is CCOC(=O)N1CCN(Cc2ccc(F)c(NC(=O)Nc3ccc(C(C)=O)nc3)c2)CC1. The van der Waals surface area contributed by atoms with E-state index in [9.17, 15) is 18.8 Å². The van der Waals surface area contributed by atoms with Crippen LogP contribution in [-0.4, -0.2) is 65.5 Å². The molecule has 1 saturated heterocycles. The third-order valence-corrected chi connectivity index (χ3v) is 4.97. The van der Waals surface area contributed by atoms with E-state index in [1.54, 1.807) is 30.0 Å². The van der Waals surface area contributed by atoms with Crippen molar-refractivity contribution >= 4 is 29.3 Å². The van der Waals surface area contributed by atoms with Gasteiger partial charge in [-0.2, -0.15) is 0 Å². The molecule has 2 heterocycles. The van der Waals surface area contributed by atoms with Gasteiger partial charge in [-0.1, -0.05) is 6.07 Å². The molecule has 2 aromatic rings. The number of hydrogen-bond donors (Lipinski definition) is 2. The maximum atomic E-state index is 14.2. The van der Waals surface area contributed by atoms with Gasteiger partial charge in [-0.05, 0) is 36.8 Å². The van der Waals surface area contributed by atoms with Crippen LogP contribution in [0, 0.1) is 5.82 Å². The predicted molar refractivity (Wildman–Crippen MR) is 117 cm³/mol. The zero-order valence-electron chi connectivity index (χ0n) is 18.1. The van der Waals surface area contributed by atoms with Crippen LogP contribution in [-0.2, 0) is 11.3 Å². The van der Waals surface area contributed by atoms with E-state index >= 15 is 0 Å². The van der Waals surface area contributed by atoms with Crippen molar-refractivity contribution in [2.24, 2.45) is 0 Å². The second kappa shape index (κ2) is 10.7. The standard InChI is InChI=1S/C22H26FN5O4/c1-3-32-22(31)28-10-8-27(9-11-28)14-16-4-6-18(23)20(12-16)26-21(30)25-17-5-7-19(15(2)29)24-13-17/h4-7,12-13H,3,8-11,14H2,1-2H3,(H2,25,26,30). The lowest BCUT2D eigenvalue weighted by molar-refractivity contribution is 0.0778. The van der Waals surface area contributed by atoms with E-state index < -0.39 is 11.8 Å². The van der Waals surface area contributed by atoms with Gasteiger partial charge in [0.05, 0.1) is 24.2 Å². The zero-order valence-corrected chi connectivity index (χ0v) is 18.1. The number of ketones is 1. The van der Waals surface area contributed by atoms with Gasteiger partial charge >= 0.3 is 12.1 Å².